The Morgan fingerprint density at radius 1 is 0.960 bits per heavy atom. The summed E-state index contributed by atoms with van der Waals surface area (Å²) >= 11 is 5.86. The average Bonchev–Trinajstić information content (AvgIpc) is 2.63. The molecule has 1 N–H and O–H groups in total. The van der Waals surface area contributed by atoms with Gasteiger partial charge in [0.1, 0.15) is 5.82 Å². The molecule has 0 spiro atoms. The Kier molecular flexibility index (Phi) is 5.89. The normalized spacial score (nSPS) is 15.2. The van der Waals surface area contributed by atoms with Gasteiger partial charge in [0.2, 0.25) is 0 Å². The molecule has 2 amide bonds. The van der Waals surface area contributed by atoms with E-state index in [1.807, 2.05) is 29.2 Å². The molecule has 0 radical (unpaired) electrons. The molecule has 1 aliphatic rings. The van der Waals surface area contributed by atoms with Gasteiger partial charge >= 0.3 is 6.03 Å². The van der Waals surface area contributed by atoms with E-state index in [0.29, 0.717) is 24.7 Å². The first-order chi connectivity index (χ1) is 12.1. The standard InChI is InChI=1S/C19H21ClFN3O/c20-17-5-1-15(2-6-17)13-22-19(25)24-11-9-23(10-12-24)14-16-3-7-18(21)8-4-16/h1-8H,9-14H2,(H,22,25). The number of amides is 2. The summed E-state index contributed by atoms with van der Waals surface area (Å²) < 4.78 is 12.9. The molecule has 0 atom stereocenters. The third kappa shape index (κ3) is 5.18. The second-order valence-corrected chi connectivity index (χ2v) is 6.61. The van der Waals surface area contributed by atoms with E-state index in [1.54, 1.807) is 12.1 Å². The van der Waals surface area contributed by atoms with E-state index in [0.717, 1.165) is 30.8 Å². The fourth-order valence-electron chi connectivity index (χ4n) is 2.85. The van der Waals surface area contributed by atoms with Crippen LogP contribution in [-0.4, -0.2) is 42.0 Å². The number of benzene rings is 2. The van der Waals surface area contributed by atoms with Gasteiger partial charge in [-0.25, -0.2) is 9.18 Å². The Morgan fingerprint density at radius 2 is 1.56 bits per heavy atom. The van der Waals surface area contributed by atoms with Gasteiger partial charge in [-0.1, -0.05) is 35.9 Å². The Hall–Kier alpha value is -2.11. The number of hydrogen-bond acceptors (Lipinski definition) is 2. The van der Waals surface area contributed by atoms with Crippen LogP contribution in [0.1, 0.15) is 11.1 Å². The van der Waals surface area contributed by atoms with Gasteiger partial charge in [0, 0.05) is 44.3 Å². The number of hydrogen-bond donors (Lipinski definition) is 1. The maximum atomic E-state index is 12.9. The SMILES string of the molecule is O=C(NCc1ccc(Cl)cc1)N1CCN(Cc2ccc(F)cc2)CC1. The first kappa shape index (κ1) is 17.7. The predicted molar refractivity (Wildman–Crippen MR) is 96.9 cm³/mol. The minimum absolute atomic E-state index is 0.0450. The zero-order valence-corrected chi connectivity index (χ0v) is 14.7. The molecule has 132 valence electrons. The number of carbonyl (C=O) groups excluding carboxylic acids is 1. The van der Waals surface area contributed by atoms with E-state index in [9.17, 15) is 9.18 Å². The van der Waals surface area contributed by atoms with Crippen LogP contribution in [0.4, 0.5) is 9.18 Å². The molecule has 2 aromatic carbocycles. The summed E-state index contributed by atoms with van der Waals surface area (Å²) in [4.78, 5) is 16.4. The molecule has 2 aromatic rings. The third-order valence-electron chi connectivity index (χ3n) is 4.34. The highest BCUT2D eigenvalue weighted by atomic mass is 35.5. The van der Waals surface area contributed by atoms with E-state index >= 15 is 0 Å². The molecule has 0 bridgehead atoms. The van der Waals surface area contributed by atoms with Gasteiger partial charge in [-0.3, -0.25) is 4.90 Å². The van der Waals surface area contributed by atoms with Gasteiger partial charge in [0.25, 0.3) is 0 Å². The van der Waals surface area contributed by atoms with Gasteiger partial charge in [0.15, 0.2) is 0 Å². The van der Waals surface area contributed by atoms with Crippen LogP contribution >= 0.6 is 11.6 Å². The zero-order valence-electron chi connectivity index (χ0n) is 13.9. The molecular formula is C19H21ClFN3O. The summed E-state index contributed by atoms with van der Waals surface area (Å²) in [5.74, 6) is -0.217. The molecule has 0 aromatic heterocycles. The van der Waals surface area contributed by atoms with Crippen molar-refractivity contribution >= 4 is 17.6 Å². The van der Waals surface area contributed by atoms with Gasteiger partial charge in [-0.2, -0.15) is 0 Å². The second-order valence-electron chi connectivity index (χ2n) is 6.17. The van der Waals surface area contributed by atoms with E-state index in [-0.39, 0.29) is 11.8 Å². The van der Waals surface area contributed by atoms with E-state index < -0.39 is 0 Å². The van der Waals surface area contributed by atoms with Crippen LogP contribution in [0.15, 0.2) is 48.5 Å². The highest BCUT2D eigenvalue weighted by molar-refractivity contribution is 6.30. The number of nitrogens with one attached hydrogen (secondary N) is 1. The maximum absolute atomic E-state index is 12.9. The molecule has 0 unspecified atom stereocenters. The first-order valence-corrected chi connectivity index (χ1v) is 8.72. The molecule has 4 nitrogen and oxygen atoms in total. The molecule has 1 fully saturated rings. The average molecular weight is 362 g/mol. The lowest BCUT2D eigenvalue weighted by Gasteiger charge is -2.34. The number of rotatable bonds is 4. The van der Waals surface area contributed by atoms with Crippen molar-refractivity contribution in [2.45, 2.75) is 13.1 Å². The monoisotopic (exact) mass is 361 g/mol. The molecule has 0 aliphatic carbocycles. The third-order valence-corrected chi connectivity index (χ3v) is 4.59. The van der Waals surface area contributed by atoms with Crippen LogP contribution in [0.25, 0.3) is 0 Å². The summed E-state index contributed by atoms with van der Waals surface area (Å²) in [6, 6.07) is 14.0. The number of carbonyl (C=O) groups is 1. The van der Waals surface area contributed by atoms with Crippen molar-refractivity contribution in [2.24, 2.45) is 0 Å². The van der Waals surface area contributed by atoms with Crippen molar-refractivity contribution < 1.29 is 9.18 Å². The van der Waals surface area contributed by atoms with Gasteiger partial charge in [-0.15, -0.1) is 0 Å². The van der Waals surface area contributed by atoms with E-state index in [2.05, 4.69) is 10.2 Å². The fraction of sp³-hybridized carbons (Fsp3) is 0.316. The van der Waals surface area contributed by atoms with Crippen LogP contribution in [0.2, 0.25) is 5.02 Å². The summed E-state index contributed by atoms with van der Waals surface area (Å²) in [5.41, 5.74) is 2.11. The lowest BCUT2D eigenvalue weighted by Crippen LogP contribution is -2.51. The highest BCUT2D eigenvalue weighted by Crippen LogP contribution is 2.11. The first-order valence-electron chi connectivity index (χ1n) is 8.34. The van der Waals surface area contributed by atoms with Crippen molar-refractivity contribution in [1.82, 2.24) is 15.1 Å². The van der Waals surface area contributed by atoms with Gasteiger partial charge in [0.05, 0.1) is 0 Å². The van der Waals surface area contributed by atoms with E-state index in [1.165, 1.54) is 12.1 Å². The molecule has 6 heteroatoms. The van der Waals surface area contributed by atoms with Crippen molar-refractivity contribution in [3.63, 3.8) is 0 Å². The second kappa shape index (κ2) is 8.32. The number of urea groups is 1. The number of nitrogens with zero attached hydrogens (tertiary/aromatic N) is 2. The predicted octanol–water partition coefficient (Wildman–Crippen LogP) is 3.51. The van der Waals surface area contributed by atoms with Crippen LogP contribution in [-0.2, 0) is 13.1 Å². The van der Waals surface area contributed by atoms with Crippen LogP contribution < -0.4 is 5.32 Å². The Labute approximate surface area is 152 Å². The topological polar surface area (TPSA) is 35.6 Å². The molecule has 1 aliphatic heterocycles. The van der Waals surface area contributed by atoms with Crippen molar-refractivity contribution in [2.75, 3.05) is 26.2 Å². The molecule has 25 heavy (non-hydrogen) atoms. The Bertz CT molecular complexity index is 698. The fourth-order valence-corrected chi connectivity index (χ4v) is 2.97. The molecule has 1 saturated heterocycles. The summed E-state index contributed by atoms with van der Waals surface area (Å²) in [6.45, 7) is 4.27. The number of halogens is 2. The van der Waals surface area contributed by atoms with Crippen LogP contribution in [0.3, 0.4) is 0 Å². The molecule has 3 rings (SSSR count). The Morgan fingerprint density at radius 3 is 2.20 bits per heavy atom. The smallest absolute Gasteiger partial charge is 0.317 e. The van der Waals surface area contributed by atoms with Gasteiger partial charge in [-0.05, 0) is 35.4 Å². The van der Waals surface area contributed by atoms with Crippen LogP contribution in [0.5, 0.6) is 0 Å². The summed E-state index contributed by atoms with van der Waals surface area (Å²) in [6.07, 6.45) is 0. The van der Waals surface area contributed by atoms with Crippen LogP contribution in [0, 0.1) is 5.82 Å². The largest absolute Gasteiger partial charge is 0.334 e. The quantitative estimate of drug-likeness (QED) is 0.904. The minimum Gasteiger partial charge on any atom is -0.334 e. The summed E-state index contributed by atoms with van der Waals surface area (Å²) in [7, 11) is 0. The molecule has 1 heterocycles. The van der Waals surface area contributed by atoms with Gasteiger partial charge < -0.3 is 10.2 Å². The van der Waals surface area contributed by atoms with Crippen molar-refractivity contribution in [1.29, 1.82) is 0 Å². The molecular weight excluding hydrogens is 341 g/mol. The Balaban J connectivity index is 1.42. The minimum atomic E-state index is -0.217. The number of piperazine rings is 1. The lowest BCUT2D eigenvalue weighted by atomic mass is 10.2. The van der Waals surface area contributed by atoms with E-state index in [4.69, 9.17) is 11.6 Å². The summed E-state index contributed by atoms with van der Waals surface area (Å²) in [5, 5.41) is 3.63. The van der Waals surface area contributed by atoms with Crippen molar-refractivity contribution in [3.8, 4) is 0 Å². The highest BCUT2D eigenvalue weighted by Gasteiger charge is 2.20. The zero-order chi connectivity index (χ0) is 17.6. The van der Waals surface area contributed by atoms with Crippen molar-refractivity contribution in [3.05, 3.63) is 70.5 Å². The molecule has 0 saturated carbocycles. The lowest BCUT2D eigenvalue weighted by molar-refractivity contribution is 0.135. The maximum Gasteiger partial charge on any atom is 0.317 e.